The summed E-state index contributed by atoms with van der Waals surface area (Å²) in [4.78, 5) is 13.4. The van der Waals surface area contributed by atoms with Gasteiger partial charge < -0.3 is 14.8 Å². The zero-order valence-electron chi connectivity index (χ0n) is 19.1. The number of benzene rings is 2. The van der Waals surface area contributed by atoms with Crippen molar-refractivity contribution in [2.24, 2.45) is 5.92 Å². The van der Waals surface area contributed by atoms with Crippen LogP contribution in [0, 0.1) is 5.92 Å². The number of nitrogens with one attached hydrogen (secondary N) is 1. The van der Waals surface area contributed by atoms with Gasteiger partial charge >= 0.3 is 0 Å². The fourth-order valence-corrected chi connectivity index (χ4v) is 5.47. The van der Waals surface area contributed by atoms with Crippen molar-refractivity contribution >= 4 is 15.9 Å². The fraction of sp³-hybridized carbons (Fsp3) is 0.458. The summed E-state index contributed by atoms with van der Waals surface area (Å²) in [5.41, 5.74) is 1.16. The lowest BCUT2D eigenvalue weighted by atomic mass is 9.96. The highest BCUT2D eigenvalue weighted by molar-refractivity contribution is 7.89. The SMILES string of the molecule is COc1ccc(C(CC(C)C)NC(=O)c2cc(S(=O)(=O)N3CCCC3)ccc2OC)cc1. The van der Waals surface area contributed by atoms with E-state index in [0.29, 0.717) is 24.8 Å². The first kappa shape index (κ1) is 24.1. The monoisotopic (exact) mass is 460 g/mol. The molecule has 2 aromatic rings. The molecule has 0 aliphatic carbocycles. The molecular weight excluding hydrogens is 428 g/mol. The van der Waals surface area contributed by atoms with Crippen LogP contribution in [0.15, 0.2) is 47.4 Å². The molecule has 1 fully saturated rings. The van der Waals surface area contributed by atoms with Crippen LogP contribution in [0.2, 0.25) is 0 Å². The van der Waals surface area contributed by atoms with Crippen LogP contribution in [0.25, 0.3) is 0 Å². The van der Waals surface area contributed by atoms with Crippen molar-refractivity contribution in [3.63, 3.8) is 0 Å². The molecule has 1 unspecified atom stereocenters. The molecule has 32 heavy (non-hydrogen) atoms. The van der Waals surface area contributed by atoms with Gasteiger partial charge in [0.2, 0.25) is 10.0 Å². The lowest BCUT2D eigenvalue weighted by Crippen LogP contribution is -2.31. The van der Waals surface area contributed by atoms with Gasteiger partial charge in [0.15, 0.2) is 0 Å². The maximum absolute atomic E-state index is 13.3. The van der Waals surface area contributed by atoms with Gasteiger partial charge in [-0.05, 0) is 61.1 Å². The normalized spacial score (nSPS) is 15.5. The Morgan fingerprint density at radius 3 is 2.25 bits per heavy atom. The molecule has 2 aromatic carbocycles. The summed E-state index contributed by atoms with van der Waals surface area (Å²) in [7, 11) is -0.566. The second-order valence-electron chi connectivity index (χ2n) is 8.40. The van der Waals surface area contributed by atoms with Crippen LogP contribution < -0.4 is 14.8 Å². The van der Waals surface area contributed by atoms with E-state index in [4.69, 9.17) is 9.47 Å². The first-order valence-electron chi connectivity index (χ1n) is 10.9. The van der Waals surface area contributed by atoms with Crippen LogP contribution in [0.4, 0.5) is 0 Å². The number of hydrogen-bond acceptors (Lipinski definition) is 5. The van der Waals surface area contributed by atoms with Crippen molar-refractivity contribution < 1.29 is 22.7 Å². The van der Waals surface area contributed by atoms with Crippen molar-refractivity contribution in [1.82, 2.24) is 9.62 Å². The van der Waals surface area contributed by atoms with E-state index in [2.05, 4.69) is 19.2 Å². The van der Waals surface area contributed by atoms with E-state index in [1.54, 1.807) is 13.2 Å². The maximum Gasteiger partial charge on any atom is 0.255 e. The van der Waals surface area contributed by atoms with Gasteiger partial charge in [-0.2, -0.15) is 4.31 Å². The number of methoxy groups -OCH3 is 2. The highest BCUT2D eigenvalue weighted by Gasteiger charge is 2.29. The predicted octanol–water partition coefficient (Wildman–Crippen LogP) is 4.01. The molecule has 1 aliphatic heterocycles. The number of amides is 1. The number of sulfonamides is 1. The number of ether oxygens (including phenoxy) is 2. The topological polar surface area (TPSA) is 84.9 Å². The Hall–Kier alpha value is -2.58. The van der Waals surface area contributed by atoms with Gasteiger partial charge in [-0.3, -0.25) is 4.79 Å². The minimum atomic E-state index is -3.64. The molecule has 1 heterocycles. The average Bonchev–Trinajstić information content (AvgIpc) is 3.34. The number of nitrogens with zero attached hydrogens (tertiary/aromatic N) is 1. The molecule has 1 atom stereocenters. The van der Waals surface area contributed by atoms with Gasteiger partial charge in [0, 0.05) is 13.1 Å². The Morgan fingerprint density at radius 1 is 1.03 bits per heavy atom. The van der Waals surface area contributed by atoms with Crippen LogP contribution in [-0.4, -0.2) is 45.9 Å². The van der Waals surface area contributed by atoms with Crippen molar-refractivity contribution in [3.05, 3.63) is 53.6 Å². The Balaban J connectivity index is 1.91. The standard InChI is InChI=1S/C24H32N2O5S/c1-17(2)15-22(18-7-9-19(30-3)10-8-18)25-24(27)21-16-20(11-12-23(21)31-4)32(28,29)26-13-5-6-14-26/h7-12,16-17,22H,5-6,13-15H2,1-4H3,(H,25,27). The summed E-state index contributed by atoms with van der Waals surface area (Å²) in [6.07, 6.45) is 2.43. The van der Waals surface area contributed by atoms with Gasteiger partial charge in [-0.1, -0.05) is 26.0 Å². The van der Waals surface area contributed by atoms with Crippen molar-refractivity contribution in [3.8, 4) is 11.5 Å². The Bertz CT molecular complexity index is 1030. The fourth-order valence-electron chi connectivity index (χ4n) is 3.92. The van der Waals surface area contributed by atoms with Crippen LogP contribution >= 0.6 is 0 Å². The molecule has 1 N–H and O–H groups in total. The minimum Gasteiger partial charge on any atom is -0.497 e. The molecule has 0 saturated carbocycles. The highest BCUT2D eigenvalue weighted by Crippen LogP contribution is 2.29. The average molecular weight is 461 g/mol. The predicted molar refractivity (Wildman–Crippen MR) is 124 cm³/mol. The van der Waals surface area contributed by atoms with Gasteiger partial charge in [0.05, 0.1) is 30.7 Å². The van der Waals surface area contributed by atoms with Crippen molar-refractivity contribution in [2.45, 2.75) is 44.0 Å². The molecule has 8 heteroatoms. The molecule has 3 rings (SSSR count). The van der Waals surface area contributed by atoms with Crippen LogP contribution in [0.3, 0.4) is 0 Å². The smallest absolute Gasteiger partial charge is 0.255 e. The zero-order chi connectivity index (χ0) is 23.3. The third-order valence-electron chi connectivity index (χ3n) is 5.65. The second kappa shape index (κ2) is 10.4. The molecule has 7 nitrogen and oxygen atoms in total. The van der Waals surface area contributed by atoms with E-state index in [1.165, 1.54) is 23.5 Å². The summed E-state index contributed by atoms with van der Waals surface area (Å²) in [5, 5.41) is 3.07. The van der Waals surface area contributed by atoms with Crippen molar-refractivity contribution in [2.75, 3.05) is 27.3 Å². The molecule has 0 spiro atoms. The van der Waals surface area contributed by atoms with Gasteiger partial charge in [-0.25, -0.2) is 8.42 Å². The first-order valence-corrected chi connectivity index (χ1v) is 12.3. The quantitative estimate of drug-likeness (QED) is 0.611. The number of carbonyl (C=O) groups excluding carboxylic acids is 1. The largest absolute Gasteiger partial charge is 0.497 e. The lowest BCUT2D eigenvalue weighted by molar-refractivity contribution is 0.0928. The van der Waals surface area contributed by atoms with E-state index in [1.807, 2.05) is 24.3 Å². The Kier molecular flexibility index (Phi) is 7.79. The van der Waals surface area contributed by atoms with E-state index < -0.39 is 10.0 Å². The molecule has 1 aliphatic rings. The van der Waals surface area contributed by atoms with E-state index in [0.717, 1.165) is 30.6 Å². The zero-order valence-corrected chi connectivity index (χ0v) is 19.9. The van der Waals surface area contributed by atoms with Crippen molar-refractivity contribution in [1.29, 1.82) is 0 Å². The third-order valence-corrected chi connectivity index (χ3v) is 7.54. The van der Waals surface area contributed by atoms with E-state index in [9.17, 15) is 13.2 Å². The summed E-state index contributed by atoms with van der Waals surface area (Å²) < 4.78 is 38.1. The van der Waals surface area contributed by atoms with Gasteiger partial charge in [-0.15, -0.1) is 0 Å². The van der Waals surface area contributed by atoms with Gasteiger partial charge in [0.1, 0.15) is 11.5 Å². The molecule has 174 valence electrons. The number of carbonyl (C=O) groups is 1. The maximum atomic E-state index is 13.3. The van der Waals surface area contributed by atoms with Crippen LogP contribution in [0.1, 0.15) is 55.1 Å². The number of rotatable bonds is 9. The summed E-state index contributed by atoms with van der Waals surface area (Å²) >= 11 is 0. The van der Waals surface area contributed by atoms with Crippen LogP contribution in [-0.2, 0) is 10.0 Å². The summed E-state index contributed by atoms with van der Waals surface area (Å²) in [6.45, 7) is 5.19. The van der Waals surface area contributed by atoms with E-state index in [-0.39, 0.29) is 22.4 Å². The second-order valence-corrected chi connectivity index (χ2v) is 10.3. The molecule has 1 saturated heterocycles. The molecule has 0 radical (unpaired) electrons. The Morgan fingerprint density at radius 2 is 1.69 bits per heavy atom. The molecule has 0 bridgehead atoms. The molecule has 0 aromatic heterocycles. The number of hydrogen-bond donors (Lipinski definition) is 1. The summed E-state index contributed by atoms with van der Waals surface area (Å²) in [6, 6.07) is 11.8. The van der Waals surface area contributed by atoms with E-state index >= 15 is 0 Å². The molecular formula is C24H32N2O5S. The third kappa shape index (κ3) is 5.42. The minimum absolute atomic E-state index is 0.107. The first-order chi connectivity index (χ1) is 15.3. The summed E-state index contributed by atoms with van der Waals surface area (Å²) in [5.74, 6) is 1.04. The molecule has 1 amide bonds. The van der Waals surface area contributed by atoms with Crippen LogP contribution in [0.5, 0.6) is 11.5 Å². The highest BCUT2D eigenvalue weighted by atomic mass is 32.2. The van der Waals surface area contributed by atoms with Gasteiger partial charge in [0.25, 0.3) is 5.91 Å². The lowest BCUT2D eigenvalue weighted by Gasteiger charge is -2.22. The Labute approximate surface area is 190 Å².